The third-order valence-electron chi connectivity index (χ3n) is 9.03. The molecule has 4 N–H and O–H groups in total. The Labute approximate surface area is 261 Å². The number of fused-ring (bicyclic) bond motifs is 3. The predicted molar refractivity (Wildman–Crippen MR) is 169 cm³/mol. The molecule has 0 saturated carbocycles. The summed E-state index contributed by atoms with van der Waals surface area (Å²) in [5.41, 5.74) is 4.22. The van der Waals surface area contributed by atoms with Crippen molar-refractivity contribution in [2.45, 2.75) is 38.3 Å². The minimum atomic E-state index is -1.74. The van der Waals surface area contributed by atoms with E-state index in [0.29, 0.717) is 30.8 Å². The molecule has 2 saturated heterocycles. The molecule has 1 aliphatic carbocycles. The molecule has 3 heterocycles. The Morgan fingerprint density at radius 3 is 2.58 bits per heavy atom. The van der Waals surface area contributed by atoms with E-state index in [9.17, 15) is 29.8 Å². The number of hydrogen-bond donors (Lipinski definition) is 4. The number of imide groups is 1. The summed E-state index contributed by atoms with van der Waals surface area (Å²) < 4.78 is 17.5. The predicted octanol–water partition coefficient (Wildman–Crippen LogP) is 2.42. The van der Waals surface area contributed by atoms with E-state index >= 15 is 0 Å². The van der Waals surface area contributed by atoms with E-state index in [1.807, 2.05) is 36.4 Å². The molecule has 1 aromatic heterocycles. The molecule has 0 spiro atoms. The minimum absolute atomic E-state index is 0.167. The number of carbonyl (C=O) groups is 2. The largest absolute Gasteiger partial charge is 0.488 e. The number of benzene rings is 2. The lowest BCUT2D eigenvalue weighted by molar-refractivity contribution is -0.122. The SMILES string of the molecule is COCC1=C2[C@@H](CC/C(=C/c3ccc(CO)o3)c3ccccc3)OB(O)C[C@@H]2[C@@H]2C(=O)N(c3cccc(B(O)O)c3)C(=O)[C@@H]2C1. The van der Waals surface area contributed by atoms with E-state index in [2.05, 4.69) is 0 Å². The van der Waals surface area contributed by atoms with Crippen LogP contribution in [0, 0.1) is 17.8 Å². The third kappa shape index (κ3) is 6.22. The van der Waals surface area contributed by atoms with Gasteiger partial charge >= 0.3 is 14.2 Å². The van der Waals surface area contributed by atoms with Crippen molar-refractivity contribution in [1.82, 2.24) is 0 Å². The summed E-state index contributed by atoms with van der Waals surface area (Å²) in [6.45, 7) is 0.0617. The molecule has 3 aromatic rings. The first kappa shape index (κ1) is 31.2. The van der Waals surface area contributed by atoms with Crippen molar-refractivity contribution in [2.75, 3.05) is 18.6 Å². The summed E-state index contributed by atoms with van der Waals surface area (Å²) in [4.78, 5) is 28.9. The van der Waals surface area contributed by atoms with Crippen molar-refractivity contribution in [3.63, 3.8) is 0 Å². The molecule has 2 aromatic carbocycles. The lowest BCUT2D eigenvalue weighted by Gasteiger charge is -2.43. The summed E-state index contributed by atoms with van der Waals surface area (Å²) in [6, 6.07) is 19.5. The molecule has 12 heteroatoms. The summed E-state index contributed by atoms with van der Waals surface area (Å²) in [6.07, 6.45) is 2.94. The van der Waals surface area contributed by atoms with Gasteiger partial charge in [0.2, 0.25) is 11.8 Å². The van der Waals surface area contributed by atoms with Crippen LogP contribution in [-0.4, -0.2) is 66.1 Å². The van der Waals surface area contributed by atoms with Crippen LogP contribution in [0.2, 0.25) is 6.32 Å². The van der Waals surface area contributed by atoms with Gasteiger partial charge in [0.15, 0.2) is 0 Å². The molecule has 6 rings (SSSR count). The van der Waals surface area contributed by atoms with E-state index in [1.54, 1.807) is 31.4 Å². The van der Waals surface area contributed by atoms with E-state index in [-0.39, 0.29) is 42.5 Å². The van der Waals surface area contributed by atoms with Crippen molar-refractivity contribution in [3.05, 3.63) is 95.0 Å². The van der Waals surface area contributed by atoms with Gasteiger partial charge in [-0.05, 0) is 89.6 Å². The highest BCUT2D eigenvalue weighted by Crippen LogP contribution is 2.51. The fourth-order valence-electron chi connectivity index (χ4n) is 7.12. The van der Waals surface area contributed by atoms with Crippen molar-refractivity contribution in [1.29, 1.82) is 0 Å². The van der Waals surface area contributed by atoms with Gasteiger partial charge in [0.25, 0.3) is 0 Å². The van der Waals surface area contributed by atoms with Crippen molar-refractivity contribution < 1.29 is 43.6 Å². The number of allylic oxidation sites excluding steroid dienone is 1. The second kappa shape index (κ2) is 13.3. The summed E-state index contributed by atoms with van der Waals surface area (Å²) in [5, 5.41) is 39.8. The molecule has 2 amide bonds. The van der Waals surface area contributed by atoms with Gasteiger partial charge in [0, 0.05) is 7.11 Å². The fraction of sp³-hybridized carbons (Fsp3) is 0.333. The maximum Gasteiger partial charge on any atom is 0.488 e. The van der Waals surface area contributed by atoms with Crippen LogP contribution in [0.15, 0.2) is 82.3 Å². The van der Waals surface area contributed by atoms with Crippen molar-refractivity contribution >= 4 is 48.9 Å². The number of hydrogen-bond acceptors (Lipinski definition) is 9. The zero-order valence-corrected chi connectivity index (χ0v) is 24.9. The zero-order valence-electron chi connectivity index (χ0n) is 24.9. The Morgan fingerprint density at radius 1 is 1.07 bits per heavy atom. The van der Waals surface area contributed by atoms with Crippen LogP contribution in [0.3, 0.4) is 0 Å². The Kier molecular flexibility index (Phi) is 9.23. The third-order valence-corrected chi connectivity index (χ3v) is 9.03. The van der Waals surface area contributed by atoms with Crippen LogP contribution < -0.4 is 10.4 Å². The Bertz CT molecular complexity index is 1620. The first-order valence-corrected chi connectivity index (χ1v) is 15.1. The highest BCUT2D eigenvalue weighted by molar-refractivity contribution is 6.58. The summed E-state index contributed by atoms with van der Waals surface area (Å²) in [7, 11) is -1.29. The first-order valence-electron chi connectivity index (χ1n) is 15.1. The molecular formula is C33H35B2NO9. The molecule has 0 radical (unpaired) electrons. The van der Waals surface area contributed by atoms with Gasteiger partial charge in [0.1, 0.15) is 18.1 Å². The van der Waals surface area contributed by atoms with Gasteiger partial charge in [-0.2, -0.15) is 0 Å². The van der Waals surface area contributed by atoms with E-state index in [1.165, 1.54) is 12.1 Å². The fourth-order valence-corrected chi connectivity index (χ4v) is 7.12. The second-order valence-corrected chi connectivity index (χ2v) is 11.8. The highest BCUT2D eigenvalue weighted by Gasteiger charge is 2.57. The number of carbonyl (C=O) groups excluding carboxylic acids is 2. The lowest BCUT2D eigenvalue weighted by atomic mass is 9.58. The summed E-state index contributed by atoms with van der Waals surface area (Å²) >= 11 is 0. The first-order chi connectivity index (χ1) is 21.8. The average molecular weight is 611 g/mol. The smallest absolute Gasteiger partial charge is 0.459 e. The molecular weight excluding hydrogens is 576 g/mol. The maximum absolute atomic E-state index is 14.0. The highest BCUT2D eigenvalue weighted by atomic mass is 16.5. The van der Waals surface area contributed by atoms with Gasteiger partial charge in [-0.1, -0.05) is 42.5 Å². The Hall–Kier alpha value is -3.77. The van der Waals surface area contributed by atoms with E-state index < -0.39 is 38.1 Å². The molecule has 4 atom stereocenters. The number of rotatable bonds is 10. The average Bonchev–Trinajstić information content (AvgIpc) is 3.60. The molecule has 0 bridgehead atoms. The van der Waals surface area contributed by atoms with E-state index in [0.717, 1.165) is 27.2 Å². The monoisotopic (exact) mass is 611 g/mol. The van der Waals surface area contributed by atoms with Gasteiger partial charge in [-0.25, -0.2) is 0 Å². The molecule has 10 nitrogen and oxygen atoms in total. The second-order valence-electron chi connectivity index (χ2n) is 11.8. The van der Waals surface area contributed by atoms with Crippen LogP contribution in [0.4, 0.5) is 5.69 Å². The minimum Gasteiger partial charge on any atom is -0.459 e. The van der Waals surface area contributed by atoms with Crippen LogP contribution in [0.5, 0.6) is 0 Å². The van der Waals surface area contributed by atoms with Gasteiger partial charge < -0.3 is 34.0 Å². The molecule has 232 valence electrons. The Balaban J connectivity index is 1.32. The van der Waals surface area contributed by atoms with Crippen LogP contribution in [-0.2, 0) is 25.6 Å². The maximum atomic E-state index is 14.0. The molecule has 2 fully saturated rings. The number of methoxy groups -OCH3 is 1. The molecule has 0 unspecified atom stereocenters. The number of aliphatic hydroxyl groups is 1. The van der Waals surface area contributed by atoms with E-state index in [4.69, 9.17) is 13.8 Å². The summed E-state index contributed by atoms with van der Waals surface area (Å²) in [5.74, 6) is -1.42. The van der Waals surface area contributed by atoms with Crippen molar-refractivity contribution in [2.24, 2.45) is 17.8 Å². The lowest BCUT2D eigenvalue weighted by Crippen LogP contribution is -2.46. The zero-order chi connectivity index (χ0) is 31.7. The number of nitrogens with zero attached hydrogens (tertiary/aromatic N) is 1. The van der Waals surface area contributed by atoms with Crippen LogP contribution >= 0.6 is 0 Å². The molecule has 3 aliphatic rings. The molecule has 45 heavy (non-hydrogen) atoms. The van der Waals surface area contributed by atoms with Gasteiger partial charge in [0.05, 0.1) is 30.2 Å². The normalized spacial score (nSPS) is 23.4. The topological polar surface area (TPSA) is 150 Å². The number of furan rings is 1. The number of ether oxygens (including phenoxy) is 1. The van der Waals surface area contributed by atoms with Gasteiger partial charge in [-0.3, -0.25) is 14.5 Å². The van der Waals surface area contributed by atoms with Crippen molar-refractivity contribution in [3.8, 4) is 0 Å². The number of amides is 2. The number of aliphatic hydroxyl groups excluding tert-OH is 1. The standard InChI is InChI=1S/C33H35B2NO9/c1-43-19-22-15-27-31(33(39)36(32(27)38)24-9-5-8-23(16-24)35(41)42)28-17-34(40)45-29(30(22)28)13-10-21(20-6-3-2-4-7-20)14-25-11-12-26(18-37)44-25/h2-9,11-12,14,16,27-29,31,37,40-42H,10,13,15,17-19H2,1H3/b21-14-/t27-,28+,29-,31-/m1/s1. The Morgan fingerprint density at radius 2 is 1.87 bits per heavy atom. The van der Waals surface area contributed by atoms with Crippen LogP contribution in [0.1, 0.15) is 36.3 Å². The molecule has 2 aliphatic heterocycles. The van der Waals surface area contributed by atoms with Gasteiger partial charge in [-0.15, -0.1) is 0 Å². The van der Waals surface area contributed by atoms with Crippen LogP contribution in [0.25, 0.3) is 11.6 Å². The quantitative estimate of drug-likeness (QED) is 0.154. The number of anilines is 1.